The molecule has 0 aliphatic carbocycles. The molecule has 4 heteroatoms. The Labute approximate surface area is 226 Å². The largest absolute Gasteiger partial charge is 0.481 e. The molecule has 0 aliphatic rings. The number of benzene rings is 2. The summed E-state index contributed by atoms with van der Waals surface area (Å²) in [6.07, 6.45) is 1.85. The summed E-state index contributed by atoms with van der Waals surface area (Å²) in [5.74, 6) is 2.34. The summed E-state index contributed by atoms with van der Waals surface area (Å²) < 4.78 is 4.94. The highest BCUT2D eigenvalue weighted by Gasteiger charge is 2.04. The van der Waals surface area contributed by atoms with Crippen LogP contribution in [0.3, 0.4) is 0 Å². The molecule has 0 radical (unpaired) electrons. The Kier molecular flexibility index (Phi) is 14.9. The van der Waals surface area contributed by atoms with Crippen molar-refractivity contribution in [1.29, 1.82) is 5.26 Å². The van der Waals surface area contributed by atoms with Crippen LogP contribution in [-0.2, 0) is 6.54 Å². The minimum atomic E-state index is 0.503. The third kappa shape index (κ3) is 12.1. The number of pyridine rings is 1. The van der Waals surface area contributed by atoms with E-state index in [1.54, 1.807) is 7.11 Å². The average Bonchev–Trinajstić information content (AvgIpc) is 2.92. The van der Waals surface area contributed by atoms with Crippen LogP contribution in [0.5, 0.6) is 5.88 Å². The molecule has 0 atom stereocenters. The highest BCUT2D eigenvalue weighted by atomic mass is 16.5. The van der Waals surface area contributed by atoms with E-state index >= 15 is 0 Å². The van der Waals surface area contributed by atoms with Crippen LogP contribution in [0, 0.1) is 11.3 Å². The Morgan fingerprint density at radius 1 is 0.784 bits per heavy atom. The molecule has 4 nitrogen and oxygen atoms in total. The molecule has 0 unspecified atom stereocenters. The van der Waals surface area contributed by atoms with E-state index in [2.05, 4.69) is 95.6 Å². The normalized spacial score (nSPS) is 10.5. The van der Waals surface area contributed by atoms with E-state index in [9.17, 15) is 0 Å². The minimum absolute atomic E-state index is 0.503. The first-order valence-corrected chi connectivity index (χ1v) is 13.5. The van der Waals surface area contributed by atoms with Crippen molar-refractivity contribution < 1.29 is 4.74 Å². The number of ether oxygens (including phenoxy) is 1. The number of methoxy groups -OCH3 is 1. The summed E-state index contributed by atoms with van der Waals surface area (Å²) in [5, 5.41) is 8.59. The van der Waals surface area contributed by atoms with Gasteiger partial charge in [-0.15, -0.1) is 0 Å². The quantitative estimate of drug-likeness (QED) is 0.310. The van der Waals surface area contributed by atoms with E-state index in [0.29, 0.717) is 23.6 Å². The number of rotatable bonds is 8. The molecule has 0 aliphatic heterocycles. The molecule has 3 aromatic rings. The van der Waals surface area contributed by atoms with Crippen LogP contribution in [0.4, 0.5) is 0 Å². The van der Waals surface area contributed by atoms with Crippen molar-refractivity contribution in [3.63, 3.8) is 0 Å². The highest BCUT2D eigenvalue weighted by Crippen LogP contribution is 2.17. The first kappa shape index (κ1) is 31.9. The molecule has 0 N–H and O–H groups in total. The van der Waals surface area contributed by atoms with Gasteiger partial charge in [-0.2, -0.15) is 5.26 Å². The van der Waals surface area contributed by atoms with Gasteiger partial charge in [0.2, 0.25) is 5.88 Å². The highest BCUT2D eigenvalue weighted by molar-refractivity contribution is 5.34. The smallest absolute Gasteiger partial charge is 0.212 e. The van der Waals surface area contributed by atoms with Gasteiger partial charge in [0.25, 0.3) is 0 Å². The number of aromatic nitrogens is 1. The molecule has 37 heavy (non-hydrogen) atoms. The van der Waals surface area contributed by atoms with E-state index in [1.807, 2.05) is 42.6 Å². The summed E-state index contributed by atoms with van der Waals surface area (Å²) in [6, 6.07) is 22.7. The van der Waals surface area contributed by atoms with Crippen LogP contribution in [0.2, 0.25) is 0 Å². The van der Waals surface area contributed by atoms with Crippen LogP contribution in [-0.4, -0.2) is 30.1 Å². The SMILES string of the molecule is CC(C)c1cccc(C#N)c1.CCN(CC)Cc1cccc(C(C)C)c1.COc1ccc(C(C)C)cn1. The topological polar surface area (TPSA) is 49.2 Å². The van der Waals surface area contributed by atoms with E-state index in [0.717, 1.165) is 25.2 Å². The number of nitrogens with zero attached hydrogens (tertiary/aromatic N) is 3. The number of nitriles is 1. The van der Waals surface area contributed by atoms with Gasteiger partial charge in [0.05, 0.1) is 18.7 Å². The van der Waals surface area contributed by atoms with E-state index in [-0.39, 0.29) is 0 Å². The molecule has 1 aromatic heterocycles. The van der Waals surface area contributed by atoms with Crippen LogP contribution in [0.1, 0.15) is 101 Å². The monoisotopic (exact) mass is 501 g/mol. The maximum Gasteiger partial charge on any atom is 0.212 e. The van der Waals surface area contributed by atoms with Gasteiger partial charge in [0, 0.05) is 18.8 Å². The van der Waals surface area contributed by atoms with Gasteiger partial charge in [-0.1, -0.05) is 97.9 Å². The van der Waals surface area contributed by atoms with Crippen LogP contribution < -0.4 is 4.74 Å². The zero-order valence-corrected chi connectivity index (χ0v) is 24.5. The van der Waals surface area contributed by atoms with Gasteiger partial charge in [0.1, 0.15) is 0 Å². The van der Waals surface area contributed by atoms with Crippen molar-refractivity contribution in [2.45, 2.75) is 79.7 Å². The Hall–Kier alpha value is -3.16. The second kappa shape index (κ2) is 17.3. The second-order valence-corrected chi connectivity index (χ2v) is 10.0. The Morgan fingerprint density at radius 3 is 1.81 bits per heavy atom. The molecule has 0 bridgehead atoms. The van der Waals surface area contributed by atoms with E-state index < -0.39 is 0 Å². The predicted molar refractivity (Wildman–Crippen MR) is 157 cm³/mol. The zero-order valence-electron chi connectivity index (χ0n) is 24.5. The van der Waals surface area contributed by atoms with Gasteiger partial charge in [0.15, 0.2) is 0 Å². The number of hydrogen-bond donors (Lipinski definition) is 0. The van der Waals surface area contributed by atoms with E-state index in [1.165, 1.54) is 22.3 Å². The fourth-order valence-corrected chi connectivity index (χ4v) is 3.58. The van der Waals surface area contributed by atoms with Crippen molar-refractivity contribution in [1.82, 2.24) is 9.88 Å². The van der Waals surface area contributed by atoms with Crippen molar-refractivity contribution in [3.8, 4) is 11.9 Å². The fourth-order valence-electron chi connectivity index (χ4n) is 3.58. The van der Waals surface area contributed by atoms with Gasteiger partial charge in [-0.3, -0.25) is 4.90 Å². The van der Waals surface area contributed by atoms with Crippen molar-refractivity contribution in [3.05, 3.63) is 94.7 Å². The van der Waals surface area contributed by atoms with Gasteiger partial charge in [-0.05, 0) is 65.2 Å². The zero-order chi connectivity index (χ0) is 27.8. The Morgan fingerprint density at radius 2 is 1.35 bits per heavy atom. The molecular weight excluding hydrogens is 454 g/mol. The average molecular weight is 502 g/mol. The molecule has 0 fully saturated rings. The summed E-state index contributed by atoms with van der Waals surface area (Å²) in [6.45, 7) is 20.8. The molecule has 0 saturated carbocycles. The van der Waals surface area contributed by atoms with Gasteiger partial charge in [-0.25, -0.2) is 4.98 Å². The fraction of sp³-hybridized carbons (Fsp3) is 0.455. The maximum atomic E-state index is 8.59. The third-order valence-corrected chi connectivity index (χ3v) is 6.24. The van der Waals surface area contributed by atoms with Gasteiger partial charge < -0.3 is 4.74 Å². The summed E-state index contributed by atoms with van der Waals surface area (Å²) in [5.41, 5.74) is 6.09. The first-order valence-electron chi connectivity index (χ1n) is 13.5. The summed E-state index contributed by atoms with van der Waals surface area (Å²) in [4.78, 5) is 6.54. The molecule has 1 heterocycles. The standard InChI is InChI=1S/C14H23N.C10H11N.C9H13NO/c1-5-15(6-2)11-13-8-7-9-14(10-13)12(3)4;1-8(2)10-5-3-4-9(6-10)7-11;1-7(2)8-4-5-9(11-3)10-6-8/h7-10,12H,5-6,11H2,1-4H3;3-6,8H,1-2H3;4-7H,1-3H3. The first-order chi connectivity index (χ1) is 17.6. The van der Waals surface area contributed by atoms with E-state index in [4.69, 9.17) is 10.00 Å². The molecule has 0 saturated heterocycles. The third-order valence-electron chi connectivity index (χ3n) is 6.24. The predicted octanol–water partition coefficient (Wildman–Crippen LogP) is 8.55. The lowest BCUT2D eigenvalue weighted by Crippen LogP contribution is -2.22. The van der Waals surface area contributed by atoms with Crippen molar-refractivity contribution in [2.75, 3.05) is 20.2 Å². The molecule has 0 spiro atoms. The second-order valence-electron chi connectivity index (χ2n) is 10.0. The summed E-state index contributed by atoms with van der Waals surface area (Å²) in [7, 11) is 1.62. The summed E-state index contributed by atoms with van der Waals surface area (Å²) >= 11 is 0. The minimum Gasteiger partial charge on any atom is -0.481 e. The lowest BCUT2D eigenvalue weighted by Gasteiger charge is -2.18. The van der Waals surface area contributed by atoms with Gasteiger partial charge >= 0.3 is 0 Å². The lowest BCUT2D eigenvalue weighted by atomic mass is 10.0. The number of hydrogen-bond acceptors (Lipinski definition) is 4. The maximum absolute atomic E-state index is 8.59. The molecule has 200 valence electrons. The van der Waals surface area contributed by atoms with Crippen molar-refractivity contribution in [2.24, 2.45) is 0 Å². The molecule has 0 amide bonds. The van der Waals surface area contributed by atoms with Crippen LogP contribution >= 0.6 is 0 Å². The van der Waals surface area contributed by atoms with Crippen LogP contribution in [0.25, 0.3) is 0 Å². The lowest BCUT2D eigenvalue weighted by molar-refractivity contribution is 0.296. The molecule has 2 aromatic carbocycles. The van der Waals surface area contributed by atoms with Crippen molar-refractivity contribution >= 4 is 0 Å². The van der Waals surface area contributed by atoms with Crippen LogP contribution in [0.15, 0.2) is 66.9 Å². The molecule has 3 rings (SSSR count). The Bertz CT molecular complexity index is 1060. The molecular formula is C33H47N3O. The Balaban J connectivity index is 0.000000283.